The minimum Gasteiger partial charge on any atom is -0.329 e. The lowest BCUT2D eigenvalue weighted by Gasteiger charge is -2.37. The molecule has 2 heterocycles. The molecule has 27 heavy (non-hydrogen) atoms. The van der Waals surface area contributed by atoms with E-state index in [1.807, 2.05) is 6.20 Å². The molecule has 1 aliphatic rings. The van der Waals surface area contributed by atoms with E-state index >= 15 is 0 Å². The molecule has 0 aliphatic carbocycles. The van der Waals surface area contributed by atoms with Crippen LogP contribution in [0.2, 0.25) is 0 Å². The Hall–Kier alpha value is -2.65. The van der Waals surface area contributed by atoms with Gasteiger partial charge >= 0.3 is 0 Å². The van der Waals surface area contributed by atoms with Gasteiger partial charge in [-0.2, -0.15) is 0 Å². The van der Waals surface area contributed by atoms with Crippen molar-refractivity contribution in [1.82, 2.24) is 9.88 Å². The van der Waals surface area contributed by atoms with Crippen LogP contribution in [0.25, 0.3) is 0 Å². The molecular formula is C24H27N3. The third-order valence-corrected chi connectivity index (χ3v) is 5.48. The summed E-state index contributed by atoms with van der Waals surface area (Å²) in [5, 5.41) is 0. The molecule has 0 spiro atoms. The molecule has 2 aromatic carbocycles. The van der Waals surface area contributed by atoms with Gasteiger partial charge in [-0.15, -0.1) is 0 Å². The number of hydrogen-bond donors (Lipinski definition) is 0. The lowest BCUT2D eigenvalue weighted by atomic mass is 9.94. The second-order valence-corrected chi connectivity index (χ2v) is 7.28. The van der Waals surface area contributed by atoms with E-state index in [1.54, 1.807) is 0 Å². The van der Waals surface area contributed by atoms with Crippen LogP contribution in [0.5, 0.6) is 0 Å². The lowest BCUT2D eigenvalue weighted by Crippen LogP contribution is -2.34. The molecule has 0 amide bonds. The standard InChI is InChI=1S/C24H27N3/c1-26(21-13-6-3-7-14-21)24-22(15-10-17-25-24)23-16-8-9-18-27(23)19-20-11-4-2-5-12-20/h2-7,10-15,17,23H,8-9,16,18-19H2,1H3/t23-/m1/s1. The minimum atomic E-state index is 0.411. The molecule has 1 aromatic heterocycles. The molecule has 4 rings (SSSR count). The molecule has 0 unspecified atom stereocenters. The molecule has 3 nitrogen and oxygen atoms in total. The molecule has 1 fully saturated rings. The number of benzene rings is 2. The highest BCUT2D eigenvalue weighted by atomic mass is 15.2. The van der Waals surface area contributed by atoms with E-state index in [0.717, 1.165) is 18.9 Å². The predicted molar refractivity (Wildman–Crippen MR) is 112 cm³/mol. The highest BCUT2D eigenvalue weighted by Crippen LogP contribution is 2.37. The summed E-state index contributed by atoms with van der Waals surface area (Å²) >= 11 is 0. The minimum absolute atomic E-state index is 0.411. The fourth-order valence-electron chi connectivity index (χ4n) is 4.07. The van der Waals surface area contributed by atoms with Gasteiger partial charge in [0, 0.05) is 37.1 Å². The Kier molecular flexibility index (Phi) is 5.50. The summed E-state index contributed by atoms with van der Waals surface area (Å²) in [7, 11) is 2.12. The molecule has 1 saturated heterocycles. The lowest BCUT2D eigenvalue weighted by molar-refractivity contribution is 0.140. The Morgan fingerprint density at radius 3 is 2.44 bits per heavy atom. The number of anilines is 2. The molecule has 0 radical (unpaired) electrons. The summed E-state index contributed by atoms with van der Waals surface area (Å²) < 4.78 is 0. The zero-order chi connectivity index (χ0) is 18.5. The Labute approximate surface area is 162 Å². The van der Waals surface area contributed by atoms with Gasteiger partial charge in [0.1, 0.15) is 5.82 Å². The first kappa shape index (κ1) is 17.7. The molecule has 1 aliphatic heterocycles. The molecule has 138 valence electrons. The van der Waals surface area contributed by atoms with Gasteiger partial charge in [0.25, 0.3) is 0 Å². The maximum atomic E-state index is 4.77. The smallest absolute Gasteiger partial charge is 0.137 e. The van der Waals surface area contributed by atoms with Crippen molar-refractivity contribution in [3.63, 3.8) is 0 Å². The predicted octanol–water partition coefficient (Wildman–Crippen LogP) is 5.58. The largest absolute Gasteiger partial charge is 0.329 e. The van der Waals surface area contributed by atoms with Crippen molar-refractivity contribution < 1.29 is 0 Å². The maximum absolute atomic E-state index is 4.77. The van der Waals surface area contributed by atoms with Crippen LogP contribution in [0.4, 0.5) is 11.5 Å². The number of aromatic nitrogens is 1. The zero-order valence-corrected chi connectivity index (χ0v) is 16.0. The van der Waals surface area contributed by atoms with E-state index in [1.165, 1.54) is 36.1 Å². The van der Waals surface area contributed by atoms with Crippen molar-refractivity contribution in [3.05, 3.63) is 90.1 Å². The topological polar surface area (TPSA) is 19.4 Å². The van der Waals surface area contributed by atoms with E-state index in [9.17, 15) is 0 Å². The second kappa shape index (κ2) is 8.36. The summed E-state index contributed by atoms with van der Waals surface area (Å²) in [4.78, 5) is 9.61. The Morgan fingerprint density at radius 2 is 1.67 bits per heavy atom. The third-order valence-electron chi connectivity index (χ3n) is 5.48. The molecule has 0 N–H and O–H groups in total. The van der Waals surface area contributed by atoms with E-state index in [2.05, 4.69) is 89.6 Å². The summed E-state index contributed by atoms with van der Waals surface area (Å²) in [5.74, 6) is 1.06. The van der Waals surface area contributed by atoms with E-state index < -0.39 is 0 Å². The second-order valence-electron chi connectivity index (χ2n) is 7.28. The van der Waals surface area contributed by atoms with Crippen molar-refractivity contribution in [2.24, 2.45) is 0 Å². The van der Waals surface area contributed by atoms with Crippen molar-refractivity contribution in [2.45, 2.75) is 31.8 Å². The van der Waals surface area contributed by atoms with Crippen molar-refractivity contribution in [3.8, 4) is 0 Å². The van der Waals surface area contributed by atoms with Gasteiger partial charge in [0.15, 0.2) is 0 Å². The molecule has 3 heteroatoms. The molecule has 3 aromatic rings. The fraction of sp³-hybridized carbons (Fsp3) is 0.292. The monoisotopic (exact) mass is 357 g/mol. The zero-order valence-electron chi connectivity index (χ0n) is 16.0. The van der Waals surface area contributed by atoms with Crippen LogP contribution in [0.15, 0.2) is 79.0 Å². The van der Waals surface area contributed by atoms with Crippen molar-refractivity contribution >= 4 is 11.5 Å². The average Bonchev–Trinajstić information content (AvgIpc) is 2.75. The highest BCUT2D eigenvalue weighted by molar-refractivity contribution is 5.62. The van der Waals surface area contributed by atoms with Gasteiger partial charge in [-0.3, -0.25) is 4.90 Å². The first-order chi connectivity index (χ1) is 13.3. The molecular weight excluding hydrogens is 330 g/mol. The Balaban J connectivity index is 1.65. The van der Waals surface area contributed by atoms with Crippen LogP contribution in [0.3, 0.4) is 0 Å². The number of hydrogen-bond acceptors (Lipinski definition) is 3. The summed E-state index contributed by atoms with van der Waals surface area (Å²) in [6.07, 6.45) is 5.64. The number of pyridine rings is 1. The summed E-state index contributed by atoms with van der Waals surface area (Å²) in [6, 6.07) is 26.1. The number of rotatable bonds is 5. The van der Waals surface area contributed by atoms with Gasteiger partial charge in [0.2, 0.25) is 0 Å². The number of likely N-dealkylation sites (tertiary alicyclic amines) is 1. The van der Waals surface area contributed by atoms with E-state index in [4.69, 9.17) is 4.98 Å². The number of para-hydroxylation sites is 1. The molecule has 1 atom stereocenters. The van der Waals surface area contributed by atoms with Gasteiger partial charge in [-0.1, -0.05) is 61.0 Å². The number of nitrogens with zero attached hydrogens (tertiary/aromatic N) is 3. The summed E-state index contributed by atoms with van der Waals surface area (Å²) in [6.45, 7) is 2.14. The van der Waals surface area contributed by atoms with Gasteiger partial charge < -0.3 is 4.90 Å². The van der Waals surface area contributed by atoms with Crippen molar-refractivity contribution in [2.75, 3.05) is 18.5 Å². The van der Waals surface area contributed by atoms with Crippen LogP contribution >= 0.6 is 0 Å². The normalized spacial score (nSPS) is 17.6. The van der Waals surface area contributed by atoms with Gasteiger partial charge in [0.05, 0.1) is 0 Å². The van der Waals surface area contributed by atoms with Crippen LogP contribution in [-0.4, -0.2) is 23.5 Å². The third kappa shape index (κ3) is 4.04. The first-order valence-electron chi connectivity index (χ1n) is 9.84. The van der Waals surface area contributed by atoms with Gasteiger partial charge in [-0.05, 0) is 43.1 Å². The fourth-order valence-corrected chi connectivity index (χ4v) is 4.07. The quantitative estimate of drug-likeness (QED) is 0.594. The molecule has 0 saturated carbocycles. The maximum Gasteiger partial charge on any atom is 0.137 e. The Bertz CT molecular complexity index is 848. The number of piperidine rings is 1. The van der Waals surface area contributed by atoms with E-state index in [0.29, 0.717) is 6.04 Å². The van der Waals surface area contributed by atoms with E-state index in [-0.39, 0.29) is 0 Å². The highest BCUT2D eigenvalue weighted by Gasteiger charge is 2.27. The van der Waals surface area contributed by atoms with Gasteiger partial charge in [-0.25, -0.2) is 4.98 Å². The van der Waals surface area contributed by atoms with Crippen LogP contribution < -0.4 is 4.90 Å². The average molecular weight is 358 g/mol. The SMILES string of the molecule is CN(c1ccccc1)c1ncccc1[C@H]1CCCCN1Cc1ccccc1. The summed E-state index contributed by atoms with van der Waals surface area (Å²) in [5.41, 5.74) is 3.88. The first-order valence-corrected chi connectivity index (χ1v) is 9.84. The van der Waals surface area contributed by atoms with Crippen molar-refractivity contribution in [1.29, 1.82) is 0 Å². The Morgan fingerprint density at radius 1 is 0.926 bits per heavy atom. The molecule has 0 bridgehead atoms. The van der Waals surface area contributed by atoms with Crippen LogP contribution in [0, 0.1) is 0 Å². The van der Waals surface area contributed by atoms with Crippen LogP contribution in [0.1, 0.15) is 36.4 Å². The van der Waals surface area contributed by atoms with Crippen LogP contribution in [-0.2, 0) is 6.54 Å².